The number of anilines is 1. The molecular weight excluding hydrogens is 490 g/mol. The van der Waals surface area contributed by atoms with Gasteiger partial charge in [0, 0.05) is 38.6 Å². The first-order valence-electron chi connectivity index (χ1n) is 11.9. The lowest BCUT2D eigenvalue weighted by atomic mass is 10.0. The molecule has 1 atom stereocenters. The van der Waals surface area contributed by atoms with Gasteiger partial charge in [0.2, 0.25) is 11.8 Å². The van der Waals surface area contributed by atoms with Crippen molar-refractivity contribution in [2.24, 2.45) is 0 Å². The maximum Gasteiger partial charge on any atom is 0.249 e. The van der Waals surface area contributed by atoms with Crippen molar-refractivity contribution in [2.75, 3.05) is 19.1 Å². The van der Waals surface area contributed by atoms with Crippen LogP contribution in [0.3, 0.4) is 0 Å². The van der Waals surface area contributed by atoms with Crippen LogP contribution in [-0.2, 0) is 38.0 Å². The van der Waals surface area contributed by atoms with Gasteiger partial charge in [-0.1, -0.05) is 30.3 Å². The van der Waals surface area contributed by atoms with E-state index in [1.54, 1.807) is 62.7 Å². The third kappa shape index (κ3) is 4.95. The summed E-state index contributed by atoms with van der Waals surface area (Å²) in [7, 11) is -0.491. The molecule has 1 aliphatic rings. The number of benzene rings is 3. The Bertz CT molecular complexity index is 1600. The van der Waals surface area contributed by atoms with Crippen LogP contribution in [0.2, 0.25) is 0 Å². The average molecular weight is 522 g/mol. The number of rotatable bonds is 3. The van der Waals surface area contributed by atoms with Gasteiger partial charge >= 0.3 is 0 Å². The molecule has 0 spiro atoms. The number of amides is 2. The molecule has 194 valence electrons. The number of aromatic nitrogens is 1. The van der Waals surface area contributed by atoms with E-state index in [2.05, 4.69) is 10.3 Å². The summed E-state index contributed by atoms with van der Waals surface area (Å²) in [5, 5.41) is 3.70. The Labute approximate surface area is 218 Å². The smallest absolute Gasteiger partial charge is 0.249 e. The lowest BCUT2D eigenvalue weighted by molar-refractivity contribution is -0.127. The summed E-state index contributed by atoms with van der Waals surface area (Å²) in [6, 6.07) is 20.1. The second-order valence-corrected chi connectivity index (χ2v) is 11.1. The molecule has 3 aromatic carbocycles. The second kappa shape index (κ2) is 9.74. The molecule has 1 aromatic heterocycles. The Balaban J connectivity index is 0.00000210. The van der Waals surface area contributed by atoms with Crippen molar-refractivity contribution in [3.63, 3.8) is 0 Å². The molecule has 37 heavy (non-hydrogen) atoms. The second-order valence-electron chi connectivity index (χ2n) is 9.13. The topological polar surface area (TPSA) is 109 Å². The Kier molecular flexibility index (Phi) is 6.47. The molecule has 0 saturated heterocycles. The molecule has 2 amide bonds. The normalized spacial score (nSPS) is 17.1. The molecule has 4 aromatic rings. The SMILES string of the molecule is COc1ccc(N(C)C(=O)[C@@H]2Cc3cccc(c3)S(=O)(=O)Cc3[nH]c4ccccc4c3CC(=O)N2)cc1.[HH].[HH]. The molecule has 0 aliphatic carbocycles. The summed E-state index contributed by atoms with van der Waals surface area (Å²) in [6.45, 7) is 0. The standard InChI is InChI=1S/C28H27N3O5S.2H2/c1-31(19-10-12-20(36-2)13-11-19)28(33)25-15-18-6-5-7-21(14-18)37(34,35)17-26-23(16-27(32)30-25)22-8-3-4-9-24(22)29-26;;/h3-14,25,29H,15-17H2,1-2H3,(H,30,32);2*1H/t25-;;/m0../s1. The number of carbonyl (C=O) groups is 2. The quantitative estimate of drug-likeness (QED) is 0.425. The Morgan fingerprint density at radius 1 is 1.05 bits per heavy atom. The van der Waals surface area contributed by atoms with Crippen molar-refractivity contribution >= 4 is 38.2 Å². The van der Waals surface area contributed by atoms with Gasteiger partial charge in [-0.05, 0) is 53.6 Å². The van der Waals surface area contributed by atoms with Gasteiger partial charge < -0.3 is 19.9 Å². The van der Waals surface area contributed by atoms with Crippen molar-refractivity contribution in [3.8, 4) is 5.75 Å². The van der Waals surface area contributed by atoms with Crippen LogP contribution in [0.25, 0.3) is 10.9 Å². The van der Waals surface area contributed by atoms with Gasteiger partial charge in [0.15, 0.2) is 9.84 Å². The van der Waals surface area contributed by atoms with E-state index in [0.717, 1.165) is 10.9 Å². The Hall–Kier alpha value is -4.11. The van der Waals surface area contributed by atoms with Gasteiger partial charge in [0.25, 0.3) is 0 Å². The Morgan fingerprint density at radius 2 is 1.81 bits per heavy atom. The number of para-hydroxylation sites is 1. The number of nitrogens with zero attached hydrogens (tertiary/aromatic N) is 1. The van der Waals surface area contributed by atoms with E-state index in [4.69, 9.17) is 4.74 Å². The van der Waals surface area contributed by atoms with E-state index in [1.165, 1.54) is 4.90 Å². The first kappa shape index (κ1) is 24.6. The summed E-state index contributed by atoms with van der Waals surface area (Å²) in [5.41, 5.74) is 3.12. The summed E-state index contributed by atoms with van der Waals surface area (Å²) in [5.74, 6) is -0.267. The molecule has 0 fully saturated rings. The van der Waals surface area contributed by atoms with E-state index in [9.17, 15) is 18.0 Å². The van der Waals surface area contributed by atoms with Crippen LogP contribution in [0, 0.1) is 0 Å². The molecule has 8 nitrogen and oxygen atoms in total. The van der Waals surface area contributed by atoms with Crippen molar-refractivity contribution in [1.82, 2.24) is 10.3 Å². The number of fused-ring (bicyclic) bond motifs is 5. The van der Waals surface area contributed by atoms with E-state index >= 15 is 0 Å². The average Bonchev–Trinajstić information content (AvgIpc) is 3.23. The molecular formula is C28H31N3O5S. The maximum absolute atomic E-state index is 13.6. The largest absolute Gasteiger partial charge is 0.497 e. The molecule has 0 saturated carbocycles. The monoisotopic (exact) mass is 521 g/mol. The fourth-order valence-electron chi connectivity index (χ4n) is 4.73. The van der Waals surface area contributed by atoms with E-state index in [-0.39, 0.29) is 38.2 Å². The molecule has 0 radical (unpaired) electrons. The van der Waals surface area contributed by atoms with Gasteiger partial charge in [0.05, 0.1) is 24.2 Å². The summed E-state index contributed by atoms with van der Waals surface area (Å²) >= 11 is 0. The van der Waals surface area contributed by atoms with Crippen molar-refractivity contribution < 1.29 is 25.6 Å². The highest BCUT2D eigenvalue weighted by Gasteiger charge is 2.29. The molecule has 0 unspecified atom stereocenters. The van der Waals surface area contributed by atoms with Crippen molar-refractivity contribution in [2.45, 2.75) is 29.5 Å². The number of aromatic amines is 1. The zero-order valence-electron chi connectivity index (χ0n) is 20.5. The zero-order valence-corrected chi connectivity index (χ0v) is 21.3. The first-order valence-corrected chi connectivity index (χ1v) is 13.5. The van der Waals surface area contributed by atoms with Crippen molar-refractivity contribution in [1.29, 1.82) is 0 Å². The number of hydrogen-bond donors (Lipinski definition) is 2. The molecule has 2 heterocycles. The fraction of sp³-hybridized carbons (Fsp3) is 0.214. The van der Waals surface area contributed by atoms with Crippen LogP contribution in [0.15, 0.2) is 77.7 Å². The van der Waals surface area contributed by atoms with Crippen LogP contribution in [0.1, 0.15) is 19.7 Å². The minimum atomic E-state index is -3.70. The van der Waals surface area contributed by atoms with E-state index in [1.807, 2.05) is 24.3 Å². The molecule has 2 N–H and O–H groups in total. The number of sulfone groups is 1. The van der Waals surface area contributed by atoms with Gasteiger partial charge in [-0.3, -0.25) is 9.59 Å². The minimum Gasteiger partial charge on any atom is -0.497 e. The van der Waals surface area contributed by atoms with Gasteiger partial charge in [-0.25, -0.2) is 8.42 Å². The van der Waals surface area contributed by atoms with Gasteiger partial charge in [-0.2, -0.15) is 0 Å². The highest BCUT2D eigenvalue weighted by atomic mass is 32.2. The third-order valence-corrected chi connectivity index (χ3v) is 8.34. The molecule has 2 bridgehead atoms. The highest BCUT2D eigenvalue weighted by Crippen LogP contribution is 2.28. The van der Waals surface area contributed by atoms with Crippen LogP contribution in [-0.4, -0.2) is 45.4 Å². The third-order valence-electron chi connectivity index (χ3n) is 6.69. The Morgan fingerprint density at radius 3 is 2.57 bits per heavy atom. The van der Waals surface area contributed by atoms with Gasteiger partial charge in [-0.15, -0.1) is 0 Å². The zero-order chi connectivity index (χ0) is 26.2. The number of carbonyl (C=O) groups excluding carboxylic acids is 2. The summed E-state index contributed by atoms with van der Waals surface area (Å²) in [6.07, 6.45) is 0.0913. The summed E-state index contributed by atoms with van der Waals surface area (Å²) in [4.78, 5) is 31.7. The molecule has 9 heteroatoms. The summed E-state index contributed by atoms with van der Waals surface area (Å²) < 4.78 is 31.9. The number of hydrogen-bond acceptors (Lipinski definition) is 5. The van der Waals surface area contributed by atoms with E-state index in [0.29, 0.717) is 28.3 Å². The lowest BCUT2D eigenvalue weighted by Crippen LogP contribution is -2.49. The number of methoxy groups -OCH3 is 1. The number of H-pyrrole nitrogens is 1. The number of ether oxygens (including phenoxy) is 1. The van der Waals surface area contributed by atoms with Crippen LogP contribution < -0.4 is 15.0 Å². The predicted octanol–water partition coefficient (Wildman–Crippen LogP) is 3.89. The van der Waals surface area contributed by atoms with Crippen molar-refractivity contribution in [3.05, 3.63) is 89.6 Å². The first-order chi connectivity index (χ1) is 17.7. The minimum absolute atomic E-state index is 0. The number of nitrogens with one attached hydrogen (secondary N) is 2. The predicted molar refractivity (Wildman–Crippen MR) is 146 cm³/mol. The maximum atomic E-state index is 13.6. The highest BCUT2D eigenvalue weighted by molar-refractivity contribution is 7.90. The fourth-order valence-corrected chi connectivity index (χ4v) is 6.14. The molecule has 1 aliphatic heterocycles. The van der Waals surface area contributed by atoms with E-state index < -0.39 is 15.9 Å². The van der Waals surface area contributed by atoms with Crippen LogP contribution in [0.5, 0.6) is 5.75 Å². The molecule has 5 rings (SSSR count). The lowest BCUT2D eigenvalue weighted by Gasteiger charge is -2.25. The van der Waals surface area contributed by atoms with Crippen LogP contribution >= 0.6 is 0 Å². The van der Waals surface area contributed by atoms with Crippen LogP contribution in [0.4, 0.5) is 5.69 Å². The van der Waals surface area contributed by atoms with Gasteiger partial charge in [0.1, 0.15) is 11.8 Å². The number of likely N-dealkylation sites (N-methyl/N-ethyl adjacent to an activating group) is 1.